The first-order valence-electron chi connectivity index (χ1n) is 8.65. The molecule has 0 aromatic heterocycles. The summed E-state index contributed by atoms with van der Waals surface area (Å²) in [6.45, 7) is 13.9. The van der Waals surface area contributed by atoms with Gasteiger partial charge in [-0.1, -0.05) is 20.8 Å². The SMILES string of the molecule is CCC1(C)CC(NCC(C(C)C)N2CCCC2)CCO1. The highest BCUT2D eigenvalue weighted by molar-refractivity contribution is 4.88. The highest BCUT2D eigenvalue weighted by Gasteiger charge is 2.32. The highest BCUT2D eigenvalue weighted by Crippen LogP contribution is 2.28. The van der Waals surface area contributed by atoms with Crippen LogP contribution in [0, 0.1) is 5.92 Å². The zero-order valence-corrected chi connectivity index (χ0v) is 14.0. The molecule has 3 unspecified atom stereocenters. The number of rotatable bonds is 6. The summed E-state index contributed by atoms with van der Waals surface area (Å²) in [6, 6.07) is 1.34. The maximum atomic E-state index is 5.95. The molecule has 0 bridgehead atoms. The van der Waals surface area contributed by atoms with Crippen LogP contribution >= 0.6 is 0 Å². The lowest BCUT2D eigenvalue weighted by Crippen LogP contribution is -2.50. The first-order valence-corrected chi connectivity index (χ1v) is 8.65. The molecule has 118 valence electrons. The van der Waals surface area contributed by atoms with Crippen molar-refractivity contribution < 1.29 is 4.74 Å². The summed E-state index contributed by atoms with van der Waals surface area (Å²) in [5, 5.41) is 3.85. The molecule has 0 saturated carbocycles. The van der Waals surface area contributed by atoms with Crippen LogP contribution in [0.1, 0.15) is 59.8 Å². The molecule has 2 rings (SSSR count). The van der Waals surface area contributed by atoms with E-state index in [1.807, 2.05) is 0 Å². The van der Waals surface area contributed by atoms with E-state index in [2.05, 4.69) is 37.9 Å². The Balaban J connectivity index is 1.82. The minimum Gasteiger partial charge on any atom is -0.375 e. The molecule has 0 spiro atoms. The van der Waals surface area contributed by atoms with Crippen LogP contribution in [0.5, 0.6) is 0 Å². The zero-order valence-electron chi connectivity index (χ0n) is 14.0. The van der Waals surface area contributed by atoms with Crippen LogP contribution in [0.2, 0.25) is 0 Å². The van der Waals surface area contributed by atoms with Gasteiger partial charge in [0.1, 0.15) is 0 Å². The van der Waals surface area contributed by atoms with Crippen molar-refractivity contribution >= 4 is 0 Å². The smallest absolute Gasteiger partial charge is 0.0666 e. The van der Waals surface area contributed by atoms with E-state index in [1.165, 1.54) is 32.4 Å². The van der Waals surface area contributed by atoms with Crippen molar-refractivity contribution in [3.8, 4) is 0 Å². The molecule has 3 nitrogen and oxygen atoms in total. The van der Waals surface area contributed by atoms with E-state index in [4.69, 9.17) is 4.74 Å². The second-order valence-corrected chi connectivity index (χ2v) is 7.30. The average Bonchev–Trinajstić information content (AvgIpc) is 2.93. The molecule has 1 N–H and O–H groups in total. The van der Waals surface area contributed by atoms with Gasteiger partial charge in [0.25, 0.3) is 0 Å². The number of nitrogens with zero attached hydrogens (tertiary/aromatic N) is 1. The lowest BCUT2D eigenvalue weighted by atomic mass is 9.89. The summed E-state index contributed by atoms with van der Waals surface area (Å²) in [4.78, 5) is 2.69. The van der Waals surface area contributed by atoms with Gasteiger partial charge in [-0.3, -0.25) is 4.90 Å². The molecule has 0 radical (unpaired) electrons. The van der Waals surface area contributed by atoms with Gasteiger partial charge in [-0.25, -0.2) is 0 Å². The van der Waals surface area contributed by atoms with E-state index in [0.29, 0.717) is 12.1 Å². The second-order valence-electron chi connectivity index (χ2n) is 7.30. The molecule has 20 heavy (non-hydrogen) atoms. The lowest BCUT2D eigenvalue weighted by molar-refractivity contribution is -0.0785. The van der Waals surface area contributed by atoms with Crippen LogP contribution in [0.15, 0.2) is 0 Å². The van der Waals surface area contributed by atoms with Gasteiger partial charge < -0.3 is 10.1 Å². The Bertz CT molecular complexity index is 289. The van der Waals surface area contributed by atoms with Gasteiger partial charge in [0.05, 0.1) is 5.60 Å². The fourth-order valence-electron chi connectivity index (χ4n) is 3.70. The van der Waals surface area contributed by atoms with Crippen molar-refractivity contribution in [1.82, 2.24) is 10.2 Å². The molecule has 3 heteroatoms. The third-order valence-corrected chi connectivity index (χ3v) is 5.34. The molecule has 0 aliphatic carbocycles. The van der Waals surface area contributed by atoms with Crippen molar-refractivity contribution in [1.29, 1.82) is 0 Å². The zero-order chi connectivity index (χ0) is 14.6. The van der Waals surface area contributed by atoms with Crippen LogP contribution < -0.4 is 5.32 Å². The number of likely N-dealkylation sites (tertiary alicyclic amines) is 1. The first-order chi connectivity index (χ1) is 9.54. The van der Waals surface area contributed by atoms with Crippen molar-refractivity contribution in [2.24, 2.45) is 5.92 Å². The Morgan fingerprint density at radius 2 is 2.00 bits per heavy atom. The van der Waals surface area contributed by atoms with Crippen molar-refractivity contribution in [2.75, 3.05) is 26.2 Å². The second kappa shape index (κ2) is 7.24. The maximum absolute atomic E-state index is 5.95. The van der Waals surface area contributed by atoms with Gasteiger partial charge in [0.15, 0.2) is 0 Å². The fraction of sp³-hybridized carbons (Fsp3) is 1.00. The predicted molar refractivity (Wildman–Crippen MR) is 85.1 cm³/mol. The molecule has 2 fully saturated rings. The van der Waals surface area contributed by atoms with E-state index >= 15 is 0 Å². The van der Waals surface area contributed by atoms with E-state index in [-0.39, 0.29) is 5.60 Å². The Kier molecular flexibility index (Phi) is 5.88. The summed E-state index contributed by atoms with van der Waals surface area (Å²) in [7, 11) is 0. The van der Waals surface area contributed by atoms with Crippen molar-refractivity contribution in [3.63, 3.8) is 0 Å². The Morgan fingerprint density at radius 3 is 2.60 bits per heavy atom. The van der Waals surface area contributed by atoms with Gasteiger partial charge in [0.2, 0.25) is 0 Å². The molecule has 2 aliphatic rings. The normalized spacial score (nSPS) is 33.8. The van der Waals surface area contributed by atoms with Gasteiger partial charge in [-0.05, 0) is 58.0 Å². The summed E-state index contributed by atoms with van der Waals surface area (Å²) in [5.41, 5.74) is 0.0941. The van der Waals surface area contributed by atoms with Gasteiger partial charge >= 0.3 is 0 Å². The number of hydrogen-bond donors (Lipinski definition) is 1. The van der Waals surface area contributed by atoms with Crippen molar-refractivity contribution in [2.45, 2.75) is 77.5 Å². The van der Waals surface area contributed by atoms with Crippen LogP contribution in [0.25, 0.3) is 0 Å². The van der Waals surface area contributed by atoms with Gasteiger partial charge in [-0.2, -0.15) is 0 Å². The Hall–Kier alpha value is -0.120. The molecular weight excluding hydrogens is 248 g/mol. The van der Waals surface area contributed by atoms with E-state index < -0.39 is 0 Å². The molecule has 2 saturated heterocycles. The van der Waals surface area contributed by atoms with Crippen LogP contribution in [-0.4, -0.2) is 48.8 Å². The highest BCUT2D eigenvalue weighted by atomic mass is 16.5. The number of ether oxygens (including phenoxy) is 1. The van der Waals surface area contributed by atoms with Gasteiger partial charge in [-0.15, -0.1) is 0 Å². The largest absolute Gasteiger partial charge is 0.375 e. The number of hydrogen-bond acceptors (Lipinski definition) is 3. The Labute approximate surface area is 125 Å². The monoisotopic (exact) mass is 282 g/mol. The summed E-state index contributed by atoms with van der Waals surface area (Å²) < 4.78 is 5.95. The predicted octanol–water partition coefficient (Wildman–Crippen LogP) is 3.04. The fourth-order valence-corrected chi connectivity index (χ4v) is 3.70. The van der Waals surface area contributed by atoms with Crippen LogP contribution in [-0.2, 0) is 4.74 Å². The van der Waals surface area contributed by atoms with Crippen molar-refractivity contribution in [3.05, 3.63) is 0 Å². The minimum absolute atomic E-state index is 0.0941. The molecule has 0 aromatic carbocycles. The third-order valence-electron chi connectivity index (χ3n) is 5.34. The first kappa shape index (κ1) is 16.3. The van der Waals surface area contributed by atoms with E-state index in [1.54, 1.807) is 0 Å². The maximum Gasteiger partial charge on any atom is 0.0666 e. The number of nitrogens with one attached hydrogen (secondary N) is 1. The van der Waals surface area contributed by atoms with E-state index in [0.717, 1.165) is 31.9 Å². The average molecular weight is 282 g/mol. The standard InChI is InChI=1S/C17H34N2O/c1-5-17(4)12-15(8-11-20-17)18-13-16(14(2)3)19-9-6-7-10-19/h14-16,18H,5-13H2,1-4H3. The minimum atomic E-state index is 0.0941. The molecule has 0 amide bonds. The van der Waals surface area contributed by atoms with Crippen LogP contribution in [0.3, 0.4) is 0 Å². The van der Waals surface area contributed by atoms with Gasteiger partial charge in [0, 0.05) is 25.2 Å². The molecule has 0 aromatic rings. The third kappa shape index (κ3) is 4.19. The lowest BCUT2D eigenvalue weighted by Gasteiger charge is -2.39. The Morgan fingerprint density at radius 1 is 1.30 bits per heavy atom. The summed E-state index contributed by atoms with van der Waals surface area (Å²) in [5.74, 6) is 0.734. The van der Waals surface area contributed by atoms with Crippen LogP contribution in [0.4, 0.5) is 0 Å². The summed E-state index contributed by atoms with van der Waals surface area (Å²) >= 11 is 0. The molecule has 2 aliphatic heterocycles. The molecule has 3 atom stereocenters. The van der Waals surface area contributed by atoms with E-state index in [9.17, 15) is 0 Å². The topological polar surface area (TPSA) is 24.5 Å². The molecular formula is C17H34N2O. The molecule has 2 heterocycles. The summed E-state index contributed by atoms with van der Waals surface area (Å²) in [6.07, 6.45) is 6.21. The quantitative estimate of drug-likeness (QED) is 0.810.